The highest BCUT2D eigenvalue weighted by Gasteiger charge is 2.51. The molecule has 4 heterocycles. The predicted octanol–water partition coefficient (Wildman–Crippen LogP) is 14.0. The summed E-state index contributed by atoms with van der Waals surface area (Å²) in [5.74, 6) is 1.69. The monoisotopic (exact) mass is 763 g/mol. The summed E-state index contributed by atoms with van der Waals surface area (Å²) in [6, 6.07) is 71.1. The van der Waals surface area contributed by atoms with Crippen molar-refractivity contribution in [3.05, 3.63) is 222 Å². The molecule has 278 valence electrons. The van der Waals surface area contributed by atoms with E-state index in [1.54, 1.807) is 0 Å². The summed E-state index contributed by atoms with van der Waals surface area (Å²) in [4.78, 5) is 16.0. The Kier molecular flexibility index (Phi) is 6.90. The van der Waals surface area contributed by atoms with Gasteiger partial charge in [0.1, 0.15) is 11.5 Å². The van der Waals surface area contributed by atoms with Gasteiger partial charge in [-0.05, 0) is 58.0 Å². The van der Waals surface area contributed by atoms with Crippen molar-refractivity contribution in [3.8, 4) is 56.4 Å². The molecule has 0 bridgehead atoms. The molecule has 0 amide bonds. The van der Waals surface area contributed by atoms with Gasteiger partial charge in [0, 0.05) is 44.0 Å². The molecule has 4 nitrogen and oxygen atoms in total. The molecule has 60 heavy (non-hydrogen) atoms. The van der Waals surface area contributed by atoms with Crippen LogP contribution in [-0.2, 0) is 5.41 Å². The number of hydrogen-bond acceptors (Lipinski definition) is 4. The van der Waals surface area contributed by atoms with Crippen LogP contribution in [0.15, 0.2) is 200 Å². The highest BCUT2D eigenvalue weighted by molar-refractivity contribution is 6.14. The minimum absolute atomic E-state index is 0.581. The Balaban J connectivity index is 1.06. The van der Waals surface area contributed by atoms with E-state index in [1.807, 2.05) is 18.2 Å². The number of pyridine rings is 3. The molecule has 2 aliphatic rings. The lowest BCUT2D eigenvalue weighted by molar-refractivity contribution is 0.442. The van der Waals surface area contributed by atoms with Gasteiger partial charge in [-0.25, -0.2) is 15.0 Å². The van der Waals surface area contributed by atoms with Gasteiger partial charge in [-0.1, -0.05) is 170 Å². The van der Waals surface area contributed by atoms with Crippen LogP contribution in [-0.4, -0.2) is 15.0 Å². The van der Waals surface area contributed by atoms with E-state index in [0.717, 1.165) is 99.9 Å². The number of nitrogens with zero attached hydrogens (tertiary/aromatic N) is 3. The second-order valence-corrected chi connectivity index (χ2v) is 15.8. The predicted molar refractivity (Wildman–Crippen MR) is 244 cm³/mol. The van der Waals surface area contributed by atoms with E-state index >= 15 is 0 Å². The largest absolute Gasteiger partial charge is 0.456 e. The van der Waals surface area contributed by atoms with E-state index in [1.165, 1.54) is 22.3 Å². The normalized spacial score (nSPS) is 13.3. The minimum Gasteiger partial charge on any atom is -0.456 e. The van der Waals surface area contributed by atoms with Crippen molar-refractivity contribution >= 4 is 43.5 Å². The molecule has 0 unspecified atom stereocenters. The summed E-state index contributed by atoms with van der Waals surface area (Å²) < 4.78 is 7.20. The molecule has 0 radical (unpaired) electrons. The third-order valence-electron chi connectivity index (χ3n) is 12.7. The Morgan fingerprint density at radius 3 is 1.72 bits per heavy atom. The fourth-order valence-corrected chi connectivity index (χ4v) is 10.1. The van der Waals surface area contributed by atoms with Gasteiger partial charge in [0.25, 0.3) is 0 Å². The summed E-state index contributed by atoms with van der Waals surface area (Å²) in [5.41, 5.74) is 15.2. The lowest BCUT2D eigenvalue weighted by Crippen LogP contribution is -2.32. The van der Waals surface area contributed by atoms with Gasteiger partial charge in [-0.2, -0.15) is 0 Å². The first kappa shape index (κ1) is 33.1. The topological polar surface area (TPSA) is 47.9 Å². The van der Waals surface area contributed by atoms with Crippen molar-refractivity contribution in [2.24, 2.45) is 0 Å². The molecule has 8 aromatic carbocycles. The molecular formula is C56H33N3O. The van der Waals surface area contributed by atoms with Crippen molar-refractivity contribution in [1.29, 1.82) is 0 Å². The SMILES string of the molecule is c1ccc(-c2ccc3ccc4ccc(-c5cccc(-c6nc7ccccc7c7ccc8c(c67)Oc6ccccc6C86c7ccccc7-c7ccccc76)c5)nc4c3n2)cc1. The number of ether oxygens (including phenoxy) is 1. The molecular weight excluding hydrogens is 731 g/mol. The van der Waals surface area contributed by atoms with E-state index in [0.29, 0.717) is 0 Å². The zero-order valence-corrected chi connectivity index (χ0v) is 32.3. The molecule has 0 saturated carbocycles. The first-order valence-electron chi connectivity index (χ1n) is 20.4. The van der Waals surface area contributed by atoms with E-state index < -0.39 is 5.41 Å². The van der Waals surface area contributed by atoms with Crippen LogP contribution in [0.4, 0.5) is 0 Å². The van der Waals surface area contributed by atoms with E-state index in [2.05, 4.69) is 182 Å². The Morgan fingerprint density at radius 1 is 0.383 bits per heavy atom. The second kappa shape index (κ2) is 12.5. The Bertz CT molecular complexity index is 3550. The zero-order chi connectivity index (χ0) is 39.4. The Morgan fingerprint density at radius 2 is 0.967 bits per heavy atom. The van der Waals surface area contributed by atoms with Crippen molar-refractivity contribution < 1.29 is 4.74 Å². The van der Waals surface area contributed by atoms with Crippen LogP contribution >= 0.6 is 0 Å². The summed E-state index contributed by atoms with van der Waals surface area (Å²) in [5, 5.41) is 5.29. The fraction of sp³-hybridized carbons (Fsp3) is 0.0179. The lowest BCUT2D eigenvalue weighted by atomic mass is 9.65. The highest BCUT2D eigenvalue weighted by atomic mass is 16.5. The van der Waals surface area contributed by atoms with Gasteiger partial charge in [0.15, 0.2) is 0 Å². The maximum Gasteiger partial charge on any atom is 0.142 e. The van der Waals surface area contributed by atoms with E-state index in [-0.39, 0.29) is 0 Å². The maximum absolute atomic E-state index is 7.20. The van der Waals surface area contributed by atoms with Crippen LogP contribution in [0.25, 0.3) is 88.4 Å². The highest BCUT2D eigenvalue weighted by Crippen LogP contribution is 2.63. The van der Waals surface area contributed by atoms with Gasteiger partial charge in [0.2, 0.25) is 0 Å². The Labute approximate surface area is 346 Å². The van der Waals surface area contributed by atoms with E-state index in [9.17, 15) is 0 Å². The average molecular weight is 764 g/mol. The summed E-state index contributed by atoms with van der Waals surface area (Å²) in [6.07, 6.45) is 0. The smallest absolute Gasteiger partial charge is 0.142 e. The molecule has 1 aliphatic heterocycles. The number of hydrogen-bond donors (Lipinski definition) is 0. The summed E-state index contributed by atoms with van der Waals surface area (Å²) >= 11 is 0. The first-order valence-corrected chi connectivity index (χ1v) is 20.4. The second-order valence-electron chi connectivity index (χ2n) is 15.8. The average Bonchev–Trinajstić information content (AvgIpc) is 3.61. The molecule has 4 heteroatoms. The molecule has 0 saturated heterocycles. The van der Waals surface area contributed by atoms with Crippen molar-refractivity contribution in [3.63, 3.8) is 0 Å². The molecule has 0 fully saturated rings. The number of para-hydroxylation sites is 2. The van der Waals surface area contributed by atoms with Gasteiger partial charge in [-0.15, -0.1) is 0 Å². The standard InChI is InChI=1S/C56H33N3O/c1-2-13-34(14-3-1)47-31-27-35-25-26-36-28-32-48(58-54(36)53(35)57-47)37-15-12-16-38(33-37)52-51-42(41-19-6-10-23-49(41)59-52)29-30-46-55(51)60-50-24-11-9-22-45(50)56(46)43-20-7-4-17-39(43)40-18-5-8-21-44(40)56/h1-33H. The number of benzene rings is 8. The summed E-state index contributed by atoms with van der Waals surface area (Å²) in [6.45, 7) is 0. The van der Waals surface area contributed by atoms with Crippen LogP contribution in [0, 0.1) is 0 Å². The first-order chi connectivity index (χ1) is 29.7. The Hall–Kier alpha value is -7.95. The van der Waals surface area contributed by atoms with E-state index in [4.69, 9.17) is 19.7 Å². The third-order valence-corrected chi connectivity index (χ3v) is 12.7. The molecule has 0 N–H and O–H groups in total. The van der Waals surface area contributed by atoms with Gasteiger partial charge in [0.05, 0.1) is 44.4 Å². The van der Waals surface area contributed by atoms with Gasteiger partial charge in [-0.3, -0.25) is 0 Å². The quantitative estimate of drug-likeness (QED) is 0.168. The molecule has 11 aromatic rings. The molecule has 1 spiro atoms. The minimum atomic E-state index is -0.581. The van der Waals surface area contributed by atoms with Gasteiger partial charge >= 0.3 is 0 Å². The van der Waals surface area contributed by atoms with Crippen LogP contribution < -0.4 is 4.74 Å². The number of rotatable bonds is 3. The number of aromatic nitrogens is 3. The molecule has 3 aromatic heterocycles. The van der Waals surface area contributed by atoms with Crippen LogP contribution in [0.1, 0.15) is 22.3 Å². The molecule has 1 aliphatic carbocycles. The van der Waals surface area contributed by atoms with Crippen LogP contribution in [0.3, 0.4) is 0 Å². The number of fused-ring (bicyclic) bond motifs is 16. The molecule has 13 rings (SSSR count). The van der Waals surface area contributed by atoms with Crippen molar-refractivity contribution in [2.75, 3.05) is 0 Å². The van der Waals surface area contributed by atoms with Crippen molar-refractivity contribution in [1.82, 2.24) is 15.0 Å². The third kappa shape index (κ3) is 4.59. The fourth-order valence-electron chi connectivity index (χ4n) is 10.1. The van der Waals surface area contributed by atoms with Gasteiger partial charge < -0.3 is 4.74 Å². The maximum atomic E-state index is 7.20. The van der Waals surface area contributed by atoms with Crippen LogP contribution in [0.5, 0.6) is 11.5 Å². The molecule has 0 atom stereocenters. The lowest BCUT2D eigenvalue weighted by Gasteiger charge is -2.40. The summed E-state index contributed by atoms with van der Waals surface area (Å²) in [7, 11) is 0. The van der Waals surface area contributed by atoms with Crippen molar-refractivity contribution in [2.45, 2.75) is 5.41 Å². The van der Waals surface area contributed by atoms with Crippen LogP contribution in [0.2, 0.25) is 0 Å². The zero-order valence-electron chi connectivity index (χ0n) is 32.3.